The van der Waals surface area contributed by atoms with E-state index in [1.165, 1.54) is 43.8 Å². The van der Waals surface area contributed by atoms with Crippen molar-refractivity contribution in [1.82, 2.24) is 9.97 Å². The molecule has 2 heterocycles. The minimum atomic E-state index is 1.26. The fraction of sp³-hybridized carbons (Fsp3) is 0. The maximum atomic E-state index is 3.78. The van der Waals surface area contributed by atoms with Crippen LogP contribution in [-0.4, -0.2) is 9.97 Å². The van der Waals surface area contributed by atoms with Crippen molar-refractivity contribution >= 4 is 21.5 Å². The van der Waals surface area contributed by atoms with E-state index in [0.29, 0.717) is 0 Å². The van der Waals surface area contributed by atoms with Gasteiger partial charge in [0.2, 0.25) is 0 Å². The van der Waals surface area contributed by atoms with Crippen LogP contribution in [-0.2, 0) is 0 Å². The summed E-state index contributed by atoms with van der Waals surface area (Å²) < 4.78 is 0. The molecule has 0 amide bonds. The first-order valence-electron chi connectivity index (χ1n) is 12.7. The van der Waals surface area contributed by atoms with Gasteiger partial charge < -0.3 is 0 Å². The predicted octanol–water partition coefficient (Wildman–Crippen LogP) is 9.49. The molecular weight excluding hydrogens is 460 g/mol. The van der Waals surface area contributed by atoms with Crippen LogP contribution in [0.25, 0.3) is 43.8 Å². The van der Waals surface area contributed by atoms with Crippen LogP contribution < -0.4 is 0 Å². The molecule has 0 aliphatic heterocycles. The standard InChI is InChI=1S/C26H18.2C5H5N/c1-3-11-19(12-4-1)25-21-15-7-9-17-23(21)26(20-13-5-2-6-14-20)24-18-10-8-16-22(24)25;2*1-2-4-6-5-3-1/h1-18H;2*1-5H. The quantitative estimate of drug-likeness (QED) is 0.226. The number of nitrogens with zero attached hydrogens (tertiary/aromatic N) is 2. The van der Waals surface area contributed by atoms with Gasteiger partial charge in [-0.3, -0.25) is 9.97 Å². The number of pyridine rings is 2. The molecule has 7 aromatic rings. The lowest BCUT2D eigenvalue weighted by Gasteiger charge is -2.17. The molecule has 0 radical (unpaired) electrons. The van der Waals surface area contributed by atoms with Crippen LogP contribution in [0.1, 0.15) is 0 Å². The van der Waals surface area contributed by atoms with Crippen LogP contribution in [0, 0.1) is 0 Å². The Morgan fingerprint density at radius 2 is 0.526 bits per heavy atom. The molecule has 0 saturated heterocycles. The lowest BCUT2D eigenvalue weighted by atomic mass is 9.86. The smallest absolute Gasteiger partial charge is 0.0267 e. The number of benzene rings is 5. The third-order valence-corrected chi connectivity index (χ3v) is 6.19. The van der Waals surface area contributed by atoms with E-state index in [9.17, 15) is 0 Å². The largest absolute Gasteiger partial charge is 0.265 e. The highest BCUT2D eigenvalue weighted by molar-refractivity contribution is 6.21. The normalized spacial score (nSPS) is 10.1. The number of hydrogen-bond acceptors (Lipinski definition) is 2. The van der Waals surface area contributed by atoms with E-state index >= 15 is 0 Å². The van der Waals surface area contributed by atoms with Crippen molar-refractivity contribution in [2.45, 2.75) is 0 Å². The first kappa shape index (κ1) is 24.6. The summed E-state index contributed by atoms with van der Waals surface area (Å²) in [5, 5.41) is 5.21. The van der Waals surface area contributed by atoms with Gasteiger partial charge in [-0.15, -0.1) is 0 Å². The van der Waals surface area contributed by atoms with Gasteiger partial charge in [0.05, 0.1) is 0 Å². The van der Waals surface area contributed by atoms with Crippen molar-refractivity contribution < 1.29 is 0 Å². The average Bonchev–Trinajstić information content (AvgIpc) is 3.03. The number of hydrogen-bond donors (Lipinski definition) is 0. The highest BCUT2D eigenvalue weighted by atomic mass is 14.6. The molecule has 38 heavy (non-hydrogen) atoms. The average molecular weight is 489 g/mol. The molecule has 0 aliphatic rings. The Labute approximate surface area is 223 Å². The monoisotopic (exact) mass is 488 g/mol. The number of aromatic nitrogens is 2. The fourth-order valence-electron chi connectivity index (χ4n) is 4.59. The van der Waals surface area contributed by atoms with Crippen LogP contribution in [0.3, 0.4) is 0 Å². The van der Waals surface area contributed by atoms with Gasteiger partial charge in [-0.2, -0.15) is 0 Å². The first-order valence-corrected chi connectivity index (χ1v) is 12.7. The van der Waals surface area contributed by atoms with Crippen LogP contribution in [0.2, 0.25) is 0 Å². The Balaban J connectivity index is 0.000000201. The van der Waals surface area contributed by atoms with Crippen LogP contribution >= 0.6 is 0 Å². The summed E-state index contributed by atoms with van der Waals surface area (Å²) in [6.07, 6.45) is 7.00. The molecule has 0 saturated carbocycles. The number of rotatable bonds is 2. The van der Waals surface area contributed by atoms with Gasteiger partial charge >= 0.3 is 0 Å². The summed E-state index contributed by atoms with van der Waals surface area (Å²) in [5.74, 6) is 0. The summed E-state index contributed by atoms with van der Waals surface area (Å²) in [5.41, 5.74) is 5.16. The van der Waals surface area contributed by atoms with E-state index in [-0.39, 0.29) is 0 Å². The van der Waals surface area contributed by atoms with Crippen molar-refractivity contribution in [3.05, 3.63) is 170 Å². The molecule has 5 aromatic carbocycles. The van der Waals surface area contributed by atoms with Crippen molar-refractivity contribution in [1.29, 1.82) is 0 Å². The molecule has 0 spiro atoms. The molecule has 0 N–H and O–H groups in total. The summed E-state index contributed by atoms with van der Waals surface area (Å²) in [4.78, 5) is 7.57. The minimum Gasteiger partial charge on any atom is -0.265 e. The van der Waals surface area contributed by atoms with Gasteiger partial charge in [0.25, 0.3) is 0 Å². The van der Waals surface area contributed by atoms with Gasteiger partial charge in [-0.1, -0.05) is 121 Å². The molecule has 0 atom stereocenters. The topological polar surface area (TPSA) is 25.8 Å². The molecule has 0 aliphatic carbocycles. The van der Waals surface area contributed by atoms with E-state index in [2.05, 4.69) is 119 Å². The molecule has 2 aromatic heterocycles. The molecule has 7 rings (SSSR count). The molecular formula is C36H28N2. The zero-order valence-electron chi connectivity index (χ0n) is 21.1. The highest BCUT2D eigenvalue weighted by Crippen LogP contribution is 2.43. The maximum absolute atomic E-state index is 3.78. The third kappa shape index (κ3) is 5.83. The molecule has 182 valence electrons. The zero-order chi connectivity index (χ0) is 25.8. The Hall–Kier alpha value is -5.08. The Bertz CT molecular complexity index is 1440. The first-order chi connectivity index (χ1) is 18.9. The Morgan fingerprint density at radius 1 is 0.263 bits per heavy atom. The summed E-state index contributed by atoms with van der Waals surface area (Å²) >= 11 is 0. The van der Waals surface area contributed by atoms with Crippen molar-refractivity contribution in [3.63, 3.8) is 0 Å². The van der Waals surface area contributed by atoms with E-state index in [1.807, 2.05) is 36.4 Å². The second-order valence-electron chi connectivity index (χ2n) is 8.62. The number of fused-ring (bicyclic) bond motifs is 2. The minimum absolute atomic E-state index is 1.26. The van der Waals surface area contributed by atoms with Crippen molar-refractivity contribution in [3.8, 4) is 22.3 Å². The second-order valence-corrected chi connectivity index (χ2v) is 8.62. The lowest BCUT2D eigenvalue weighted by molar-refractivity contribution is 1.33. The predicted molar refractivity (Wildman–Crippen MR) is 161 cm³/mol. The van der Waals surface area contributed by atoms with Crippen molar-refractivity contribution in [2.75, 3.05) is 0 Å². The fourth-order valence-corrected chi connectivity index (χ4v) is 4.59. The van der Waals surface area contributed by atoms with Gasteiger partial charge in [0.1, 0.15) is 0 Å². The Kier molecular flexibility index (Phi) is 8.26. The van der Waals surface area contributed by atoms with Crippen molar-refractivity contribution in [2.24, 2.45) is 0 Å². The van der Waals surface area contributed by atoms with Gasteiger partial charge in [0, 0.05) is 24.8 Å². The van der Waals surface area contributed by atoms with E-state index in [0.717, 1.165) is 0 Å². The van der Waals surface area contributed by atoms with Crippen LogP contribution in [0.5, 0.6) is 0 Å². The molecule has 0 unspecified atom stereocenters. The molecule has 0 fully saturated rings. The van der Waals surface area contributed by atoms with E-state index in [1.54, 1.807) is 24.8 Å². The molecule has 0 bridgehead atoms. The van der Waals surface area contributed by atoms with Gasteiger partial charge in [-0.05, 0) is 68.1 Å². The second kappa shape index (κ2) is 12.8. The highest BCUT2D eigenvalue weighted by Gasteiger charge is 2.15. The zero-order valence-corrected chi connectivity index (χ0v) is 21.1. The summed E-state index contributed by atoms with van der Waals surface area (Å²) in [6.45, 7) is 0. The SMILES string of the molecule is c1ccc(-c2c3ccccc3c(-c3ccccc3)c3ccccc23)cc1.c1ccncc1.c1ccncc1. The third-order valence-electron chi connectivity index (χ3n) is 6.19. The summed E-state index contributed by atoms with van der Waals surface area (Å²) in [6, 6.07) is 50.4. The van der Waals surface area contributed by atoms with Crippen LogP contribution in [0.4, 0.5) is 0 Å². The van der Waals surface area contributed by atoms with E-state index in [4.69, 9.17) is 0 Å². The van der Waals surface area contributed by atoms with E-state index < -0.39 is 0 Å². The Morgan fingerprint density at radius 3 is 0.763 bits per heavy atom. The lowest BCUT2D eigenvalue weighted by Crippen LogP contribution is -1.90. The molecule has 2 nitrogen and oxygen atoms in total. The molecule has 2 heteroatoms. The van der Waals surface area contributed by atoms with Gasteiger partial charge in [0.15, 0.2) is 0 Å². The van der Waals surface area contributed by atoms with Crippen LogP contribution in [0.15, 0.2) is 170 Å². The maximum Gasteiger partial charge on any atom is 0.0267 e. The summed E-state index contributed by atoms with van der Waals surface area (Å²) in [7, 11) is 0. The van der Waals surface area contributed by atoms with Gasteiger partial charge in [-0.25, -0.2) is 0 Å².